The molecule has 1 rings (SSSR count). The lowest BCUT2D eigenvalue weighted by Crippen LogP contribution is -2.15. The molecule has 0 unspecified atom stereocenters. The Morgan fingerprint density at radius 1 is 1.60 bits per heavy atom. The van der Waals surface area contributed by atoms with Crippen LogP contribution < -0.4 is 0 Å². The zero-order valence-corrected chi connectivity index (χ0v) is 8.52. The van der Waals surface area contributed by atoms with Gasteiger partial charge in [-0.15, -0.1) is 0 Å². The maximum Gasteiger partial charge on any atom is 0.245 e. The average molecular weight is 229 g/mol. The SMILES string of the molecule is O=[N+]([O-])CC(=NCO)c1cccc(Cl)c1. The lowest BCUT2D eigenvalue weighted by Gasteiger charge is -2.02. The Balaban J connectivity index is 2.99. The van der Waals surface area contributed by atoms with E-state index in [9.17, 15) is 10.1 Å². The normalized spacial score (nSPS) is 11.5. The molecule has 0 saturated heterocycles. The number of hydrogen-bond acceptors (Lipinski definition) is 4. The van der Waals surface area contributed by atoms with Crippen LogP contribution in [-0.4, -0.2) is 29.0 Å². The summed E-state index contributed by atoms with van der Waals surface area (Å²) in [7, 11) is 0. The molecule has 0 saturated carbocycles. The van der Waals surface area contributed by atoms with Gasteiger partial charge in [0, 0.05) is 15.5 Å². The van der Waals surface area contributed by atoms with Gasteiger partial charge in [0.15, 0.2) is 0 Å². The van der Waals surface area contributed by atoms with Crippen molar-refractivity contribution in [2.75, 3.05) is 13.3 Å². The largest absolute Gasteiger partial charge is 0.375 e. The summed E-state index contributed by atoms with van der Waals surface area (Å²) in [5, 5.41) is 19.5. The van der Waals surface area contributed by atoms with Crippen LogP contribution in [0.15, 0.2) is 29.3 Å². The van der Waals surface area contributed by atoms with Gasteiger partial charge in [-0.1, -0.05) is 23.7 Å². The molecule has 0 aromatic heterocycles. The van der Waals surface area contributed by atoms with Crippen LogP contribution in [0.1, 0.15) is 5.56 Å². The Hall–Kier alpha value is -1.46. The van der Waals surface area contributed by atoms with Gasteiger partial charge in [-0.3, -0.25) is 15.1 Å². The minimum atomic E-state index is -0.505. The standard InChI is InChI=1S/C9H9ClN2O3/c10-8-3-1-2-7(4-8)9(11-6-13)5-12(14)15/h1-4,13H,5-6H2. The van der Waals surface area contributed by atoms with E-state index in [1.165, 1.54) is 0 Å². The van der Waals surface area contributed by atoms with Crippen LogP contribution >= 0.6 is 11.6 Å². The van der Waals surface area contributed by atoms with Crippen molar-refractivity contribution in [2.45, 2.75) is 0 Å². The smallest absolute Gasteiger partial charge is 0.245 e. The van der Waals surface area contributed by atoms with Gasteiger partial charge in [-0.05, 0) is 12.1 Å². The van der Waals surface area contributed by atoms with Crippen LogP contribution in [0.25, 0.3) is 0 Å². The molecule has 1 aromatic rings. The van der Waals surface area contributed by atoms with Gasteiger partial charge in [-0.25, -0.2) is 0 Å². The number of aliphatic hydroxyl groups excluding tert-OH is 1. The molecule has 0 heterocycles. The van der Waals surface area contributed by atoms with E-state index in [0.29, 0.717) is 10.6 Å². The van der Waals surface area contributed by atoms with Crippen LogP contribution in [0.2, 0.25) is 5.02 Å². The fourth-order valence-electron chi connectivity index (χ4n) is 1.11. The van der Waals surface area contributed by atoms with Crippen molar-refractivity contribution in [1.82, 2.24) is 0 Å². The molecule has 0 aliphatic carbocycles. The molecular weight excluding hydrogens is 220 g/mol. The highest BCUT2D eigenvalue weighted by Crippen LogP contribution is 2.11. The molecule has 80 valence electrons. The summed E-state index contributed by atoms with van der Waals surface area (Å²) >= 11 is 5.74. The molecule has 5 nitrogen and oxygen atoms in total. The highest BCUT2D eigenvalue weighted by molar-refractivity contribution is 6.31. The van der Waals surface area contributed by atoms with Crippen LogP contribution in [0.5, 0.6) is 0 Å². The summed E-state index contributed by atoms with van der Waals surface area (Å²) in [6, 6.07) is 6.56. The summed E-state index contributed by atoms with van der Waals surface area (Å²) < 4.78 is 0. The maximum absolute atomic E-state index is 10.4. The molecule has 0 bridgehead atoms. The first-order chi connectivity index (χ1) is 7.13. The van der Waals surface area contributed by atoms with Gasteiger partial charge in [0.1, 0.15) is 12.4 Å². The molecular formula is C9H9ClN2O3. The number of benzene rings is 1. The first kappa shape index (κ1) is 11.6. The number of nitro groups is 1. The second-order valence-electron chi connectivity index (χ2n) is 2.75. The first-order valence-corrected chi connectivity index (χ1v) is 4.53. The predicted molar refractivity (Wildman–Crippen MR) is 56.9 cm³/mol. The van der Waals surface area contributed by atoms with Gasteiger partial charge in [0.2, 0.25) is 6.54 Å². The summed E-state index contributed by atoms with van der Waals surface area (Å²) in [4.78, 5) is 13.5. The van der Waals surface area contributed by atoms with Crippen molar-refractivity contribution in [1.29, 1.82) is 0 Å². The summed E-state index contributed by atoms with van der Waals surface area (Å²) in [5.74, 6) is 0. The van der Waals surface area contributed by atoms with Crippen molar-refractivity contribution < 1.29 is 10.0 Å². The Kier molecular flexibility index (Phi) is 4.20. The van der Waals surface area contributed by atoms with Crippen molar-refractivity contribution in [3.8, 4) is 0 Å². The van der Waals surface area contributed by atoms with Crippen molar-refractivity contribution >= 4 is 17.3 Å². The molecule has 0 radical (unpaired) electrons. The van der Waals surface area contributed by atoms with E-state index in [2.05, 4.69) is 4.99 Å². The molecule has 0 spiro atoms. The second kappa shape index (κ2) is 5.43. The van der Waals surface area contributed by atoms with E-state index in [4.69, 9.17) is 16.7 Å². The van der Waals surface area contributed by atoms with Gasteiger partial charge in [-0.2, -0.15) is 0 Å². The van der Waals surface area contributed by atoms with Gasteiger partial charge >= 0.3 is 0 Å². The van der Waals surface area contributed by atoms with E-state index in [0.717, 1.165) is 0 Å². The monoisotopic (exact) mass is 228 g/mol. The number of nitrogens with zero attached hydrogens (tertiary/aromatic N) is 2. The minimum absolute atomic E-state index is 0.213. The molecule has 0 atom stereocenters. The third kappa shape index (κ3) is 3.65. The zero-order valence-electron chi connectivity index (χ0n) is 7.76. The second-order valence-corrected chi connectivity index (χ2v) is 3.18. The lowest BCUT2D eigenvalue weighted by molar-refractivity contribution is -0.463. The minimum Gasteiger partial charge on any atom is -0.375 e. The highest BCUT2D eigenvalue weighted by Gasteiger charge is 2.10. The van der Waals surface area contributed by atoms with Crippen molar-refractivity contribution in [2.24, 2.45) is 4.99 Å². The molecule has 1 aromatic carbocycles. The number of halogens is 1. The van der Waals surface area contributed by atoms with Crippen molar-refractivity contribution in [3.05, 3.63) is 45.0 Å². The Bertz CT molecular complexity index is 393. The van der Waals surface area contributed by atoms with E-state index in [1.807, 2.05) is 0 Å². The third-order valence-corrected chi connectivity index (χ3v) is 1.93. The van der Waals surface area contributed by atoms with E-state index >= 15 is 0 Å². The fraction of sp³-hybridized carbons (Fsp3) is 0.222. The topological polar surface area (TPSA) is 75.7 Å². The molecule has 0 fully saturated rings. The first-order valence-electron chi connectivity index (χ1n) is 4.15. The van der Waals surface area contributed by atoms with E-state index in [1.54, 1.807) is 24.3 Å². The van der Waals surface area contributed by atoms with E-state index in [-0.39, 0.29) is 5.71 Å². The number of aliphatic imine (C=N–C) groups is 1. The number of rotatable bonds is 4. The maximum atomic E-state index is 10.4. The van der Waals surface area contributed by atoms with Gasteiger partial charge < -0.3 is 5.11 Å². The Morgan fingerprint density at radius 2 is 2.33 bits per heavy atom. The molecule has 0 amide bonds. The quantitative estimate of drug-likeness (QED) is 0.480. The van der Waals surface area contributed by atoms with Crippen LogP contribution in [0.4, 0.5) is 0 Å². The average Bonchev–Trinajstić information content (AvgIpc) is 2.16. The molecule has 0 aliphatic rings. The Labute approximate surface area is 91.2 Å². The number of aliphatic hydroxyl groups is 1. The molecule has 6 heteroatoms. The molecule has 0 aliphatic heterocycles. The highest BCUT2D eigenvalue weighted by atomic mass is 35.5. The van der Waals surface area contributed by atoms with Crippen LogP contribution in [0.3, 0.4) is 0 Å². The molecule has 15 heavy (non-hydrogen) atoms. The number of hydrogen-bond donors (Lipinski definition) is 1. The fourth-order valence-corrected chi connectivity index (χ4v) is 1.30. The van der Waals surface area contributed by atoms with Gasteiger partial charge in [0.05, 0.1) is 0 Å². The predicted octanol–water partition coefficient (Wildman–Crippen LogP) is 1.36. The third-order valence-electron chi connectivity index (χ3n) is 1.70. The Morgan fingerprint density at radius 3 is 2.87 bits per heavy atom. The van der Waals surface area contributed by atoms with Crippen LogP contribution in [-0.2, 0) is 0 Å². The van der Waals surface area contributed by atoms with Gasteiger partial charge in [0.25, 0.3) is 0 Å². The molecule has 1 N–H and O–H groups in total. The lowest BCUT2D eigenvalue weighted by atomic mass is 10.1. The summed E-state index contributed by atoms with van der Waals surface area (Å²) in [6.45, 7) is -0.906. The summed E-state index contributed by atoms with van der Waals surface area (Å²) in [5.41, 5.74) is 0.762. The summed E-state index contributed by atoms with van der Waals surface area (Å²) in [6.07, 6.45) is 0. The van der Waals surface area contributed by atoms with Crippen LogP contribution in [0, 0.1) is 10.1 Å². The van der Waals surface area contributed by atoms with Crippen molar-refractivity contribution in [3.63, 3.8) is 0 Å². The zero-order chi connectivity index (χ0) is 11.3. The van der Waals surface area contributed by atoms with E-state index < -0.39 is 18.2 Å².